The lowest BCUT2D eigenvalue weighted by Gasteiger charge is -2.22. The van der Waals surface area contributed by atoms with Crippen molar-refractivity contribution in [2.75, 3.05) is 11.9 Å². The molecule has 0 heterocycles. The number of nitriles is 1. The Labute approximate surface area is 114 Å². The first-order chi connectivity index (χ1) is 9.20. The molecule has 1 aliphatic rings. The Hall–Kier alpha value is -1.56. The zero-order valence-corrected chi connectivity index (χ0v) is 11.5. The minimum atomic E-state index is -0.306. The lowest BCUT2D eigenvalue weighted by Crippen LogP contribution is -2.13. The van der Waals surface area contributed by atoms with Crippen molar-refractivity contribution in [3.05, 3.63) is 29.1 Å². The van der Waals surface area contributed by atoms with Gasteiger partial charge in [0.15, 0.2) is 0 Å². The summed E-state index contributed by atoms with van der Waals surface area (Å²) in [6.45, 7) is 2.61. The SMILES string of the molecule is Cc1c(F)cc(C#N)cc1NCCC1CCCCC1. The molecule has 2 nitrogen and oxygen atoms in total. The van der Waals surface area contributed by atoms with Gasteiger partial charge in [-0.2, -0.15) is 5.26 Å². The molecule has 0 atom stereocenters. The molecule has 1 saturated carbocycles. The smallest absolute Gasteiger partial charge is 0.129 e. The fraction of sp³-hybridized carbons (Fsp3) is 0.562. The lowest BCUT2D eigenvalue weighted by molar-refractivity contribution is 0.345. The van der Waals surface area contributed by atoms with E-state index in [9.17, 15) is 4.39 Å². The van der Waals surface area contributed by atoms with Gasteiger partial charge in [-0.1, -0.05) is 32.1 Å². The topological polar surface area (TPSA) is 35.8 Å². The summed E-state index contributed by atoms with van der Waals surface area (Å²) in [5.41, 5.74) is 1.73. The first-order valence-electron chi connectivity index (χ1n) is 7.15. The fourth-order valence-corrected chi connectivity index (χ4v) is 2.81. The molecule has 102 valence electrons. The average molecular weight is 260 g/mol. The van der Waals surface area contributed by atoms with Crippen LogP contribution in [-0.4, -0.2) is 6.54 Å². The van der Waals surface area contributed by atoms with E-state index >= 15 is 0 Å². The molecule has 0 amide bonds. The molecule has 19 heavy (non-hydrogen) atoms. The molecule has 1 aromatic rings. The van der Waals surface area contributed by atoms with Crippen LogP contribution in [0.2, 0.25) is 0 Å². The first kappa shape index (κ1) is 13.9. The molecule has 0 bridgehead atoms. The van der Waals surface area contributed by atoms with E-state index < -0.39 is 0 Å². The first-order valence-corrected chi connectivity index (χ1v) is 7.15. The van der Waals surface area contributed by atoms with Gasteiger partial charge in [0.1, 0.15) is 5.82 Å². The molecule has 1 fully saturated rings. The van der Waals surface area contributed by atoms with E-state index in [4.69, 9.17) is 5.26 Å². The zero-order chi connectivity index (χ0) is 13.7. The van der Waals surface area contributed by atoms with Crippen LogP contribution in [0.15, 0.2) is 12.1 Å². The van der Waals surface area contributed by atoms with Crippen LogP contribution in [0, 0.1) is 30.0 Å². The summed E-state index contributed by atoms with van der Waals surface area (Å²) in [6.07, 6.45) is 7.86. The second-order valence-electron chi connectivity index (χ2n) is 5.46. The predicted molar refractivity (Wildman–Crippen MR) is 75.5 cm³/mol. The molecule has 0 aliphatic heterocycles. The Morgan fingerprint density at radius 3 is 2.74 bits per heavy atom. The second kappa shape index (κ2) is 6.56. The number of anilines is 1. The van der Waals surface area contributed by atoms with Crippen molar-refractivity contribution in [3.8, 4) is 6.07 Å². The molecular weight excluding hydrogens is 239 g/mol. The van der Waals surface area contributed by atoms with Crippen LogP contribution in [0.4, 0.5) is 10.1 Å². The van der Waals surface area contributed by atoms with Crippen LogP contribution in [0.1, 0.15) is 49.7 Å². The Bertz CT molecular complexity index is 470. The van der Waals surface area contributed by atoms with Gasteiger partial charge >= 0.3 is 0 Å². The minimum absolute atomic E-state index is 0.306. The van der Waals surface area contributed by atoms with Crippen molar-refractivity contribution in [3.63, 3.8) is 0 Å². The molecule has 0 aromatic heterocycles. The van der Waals surface area contributed by atoms with E-state index in [0.717, 1.165) is 24.6 Å². The van der Waals surface area contributed by atoms with Gasteiger partial charge in [-0.15, -0.1) is 0 Å². The Kier molecular flexibility index (Phi) is 4.79. The van der Waals surface area contributed by atoms with Crippen molar-refractivity contribution >= 4 is 5.69 Å². The van der Waals surface area contributed by atoms with Gasteiger partial charge in [0.2, 0.25) is 0 Å². The van der Waals surface area contributed by atoms with Crippen LogP contribution < -0.4 is 5.32 Å². The largest absolute Gasteiger partial charge is 0.385 e. The van der Waals surface area contributed by atoms with E-state index in [-0.39, 0.29) is 5.82 Å². The van der Waals surface area contributed by atoms with E-state index in [1.165, 1.54) is 38.2 Å². The normalized spacial score (nSPS) is 16.1. The van der Waals surface area contributed by atoms with Gasteiger partial charge in [0.25, 0.3) is 0 Å². The molecule has 1 aromatic carbocycles. The van der Waals surface area contributed by atoms with Gasteiger partial charge in [0.05, 0.1) is 11.6 Å². The average Bonchev–Trinajstić information content (AvgIpc) is 2.44. The van der Waals surface area contributed by atoms with Crippen molar-refractivity contribution in [2.24, 2.45) is 5.92 Å². The number of halogens is 1. The van der Waals surface area contributed by atoms with Gasteiger partial charge < -0.3 is 5.32 Å². The zero-order valence-electron chi connectivity index (χ0n) is 11.5. The molecule has 2 rings (SSSR count). The third kappa shape index (κ3) is 3.70. The van der Waals surface area contributed by atoms with Crippen molar-refractivity contribution in [2.45, 2.75) is 45.4 Å². The summed E-state index contributed by atoms with van der Waals surface area (Å²) in [7, 11) is 0. The third-order valence-corrected chi connectivity index (χ3v) is 4.07. The molecule has 0 spiro atoms. The van der Waals surface area contributed by atoms with E-state index in [2.05, 4.69) is 5.32 Å². The number of benzene rings is 1. The molecule has 3 heteroatoms. The highest BCUT2D eigenvalue weighted by molar-refractivity contribution is 5.55. The number of nitrogens with zero attached hydrogens (tertiary/aromatic N) is 1. The highest BCUT2D eigenvalue weighted by Crippen LogP contribution is 2.27. The highest BCUT2D eigenvalue weighted by atomic mass is 19.1. The number of nitrogens with one attached hydrogen (secondary N) is 1. The third-order valence-electron chi connectivity index (χ3n) is 4.07. The molecule has 0 unspecified atom stereocenters. The van der Waals surface area contributed by atoms with Crippen LogP contribution >= 0.6 is 0 Å². The molecule has 0 saturated heterocycles. The van der Waals surface area contributed by atoms with Crippen LogP contribution in [-0.2, 0) is 0 Å². The summed E-state index contributed by atoms with van der Waals surface area (Å²) in [5, 5.41) is 12.1. The molecule has 1 aliphatic carbocycles. The van der Waals surface area contributed by atoms with Crippen molar-refractivity contribution < 1.29 is 4.39 Å². The fourth-order valence-electron chi connectivity index (χ4n) is 2.81. The number of hydrogen-bond donors (Lipinski definition) is 1. The quantitative estimate of drug-likeness (QED) is 0.871. The second-order valence-corrected chi connectivity index (χ2v) is 5.46. The Morgan fingerprint density at radius 1 is 1.32 bits per heavy atom. The van der Waals surface area contributed by atoms with Gasteiger partial charge in [-0.3, -0.25) is 0 Å². The van der Waals surface area contributed by atoms with Gasteiger partial charge in [-0.05, 0) is 31.4 Å². The Morgan fingerprint density at radius 2 is 2.05 bits per heavy atom. The minimum Gasteiger partial charge on any atom is -0.385 e. The van der Waals surface area contributed by atoms with Crippen LogP contribution in [0.3, 0.4) is 0 Å². The molecule has 0 radical (unpaired) electrons. The van der Waals surface area contributed by atoms with E-state index in [1.807, 2.05) is 6.07 Å². The maximum Gasteiger partial charge on any atom is 0.129 e. The summed E-state index contributed by atoms with van der Waals surface area (Å²) < 4.78 is 13.6. The van der Waals surface area contributed by atoms with Gasteiger partial charge in [-0.25, -0.2) is 4.39 Å². The van der Waals surface area contributed by atoms with Gasteiger partial charge in [0, 0.05) is 17.8 Å². The monoisotopic (exact) mass is 260 g/mol. The number of rotatable bonds is 4. The van der Waals surface area contributed by atoms with Crippen LogP contribution in [0.25, 0.3) is 0 Å². The maximum absolute atomic E-state index is 13.6. The molecule has 1 N–H and O–H groups in total. The molecular formula is C16H21FN2. The Balaban J connectivity index is 1.91. The summed E-state index contributed by atoms with van der Waals surface area (Å²) >= 11 is 0. The predicted octanol–water partition coefficient (Wildman–Crippen LogP) is 4.39. The van der Waals surface area contributed by atoms with E-state index in [1.54, 1.807) is 13.0 Å². The van der Waals surface area contributed by atoms with Crippen molar-refractivity contribution in [1.82, 2.24) is 0 Å². The van der Waals surface area contributed by atoms with Crippen molar-refractivity contribution in [1.29, 1.82) is 5.26 Å². The summed E-state index contributed by atoms with van der Waals surface area (Å²) in [4.78, 5) is 0. The maximum atomic E-state index is 13.6. The standard InChI is InChI=1S/C16H21FN2/c1-12-15(17)9-14(11-18)10-16(12)19-8-7-13-5-3-2-4-6-13/h9-10,13,19H,2-8H2,1H3. The summed E-state index contributed by atoms with van der Waals surface area (Å²) in [5.74, 6) is 0.504. The summed E-state index contributed by atoms with van der Waals surface area (Å²) in [6, 6.07) is 5.02. The lowest BCUT2D eigenvalue weighted by atomic mass is 9.87. The van der Waals surface area contributed by atoms with Crippen LogP contribution in [0.5, 0.6) is 0 Å². The van der Waals surface area contributed by atoms with E-state index in [0.29, 0.717) is 11.1 Å². The number of hydrogen-bond acceptors (Lipinski definition) is 2. The highest BCUT2D eigenvalue weighted by Gasteiger charge is 2.13.